The molecule has 48 heavy (non-hydrogen) atoms. The van der Waals surface area contributed by atoms with Crippen molar-refractivity contribution in [1.82, 2.24) is 24.0 Å². The van der Waals surface area contributed by atoms with Gasteiger partial charge in [-0.1, -0.05) is 48.0 Å². The molecule has 5 heterocycles. The van der Waals surface area contributed by atoms with Gasteiger partial charge in [-0.2, -0.15) is 10.2 Å². The first-order valence-corrected chi connectivity index (χ1v) is 18.3. The Kier molecular flexibility index (Phi) is 8.10. The van der Waals surface area contributed by atoms with Gasteiger partial charge in [0.1, 0.15) is 11.4 Å². The molecule has 242 valence electrons. The van der Waals surface area contributed by atoms with Crippen LogP contribution in [0.2, 0.25) is 5.02 Å². The monoisotopic (exact) mass is 693 g/mol. The van der Waals surface area contributed by atoms with Crippen molar-refractivity contribution >= 4 is 68.3 Å². The molecular formula is C37H32ClN5O3S2. The van der Waals surface area contributed by atoms with Crippen LogP contribution in [-0.2, 0) is 37.8 Å². The number of hydrogen-bond donors (Lipinski definition) is 1. The van der Waals surface area contributed by atoms with Crippen LogP contribution in [0, 0.1) is 0 Å². The van der Waals surface area contributed by atoms with E-state index in [1.54, 1.807) is 28.1 Å². The van der Waals surface area contributed by atoms with E-state index in [0.717, 1.165) is 83.1 Å². The summed E-state index contributed by atoms with van der Waals surface area (Å²) in [7, 11) is 3.82. The van der Waals surface area contributed by atoms with Crippen molar-refractivity contribution in [1.29, 1.82) is 0 Å². The number of aromatic carboxylic acids is 1. The van der Waals surface area contributed by atoms with Crippen LogP contribution in [0.3, 0.4) is 0 Å². The highest BCUT2D eigenvalue weighted by Crippen LogP contribution is 2.43. The van der Waals surface area contributed by atoms with Crippen molar-refractivity contribution < 1.29 is 14.6 Å². The van der Waals surface area contributed by atoms with Gasteiger partial charge < -0.3 is 14.4 Å². The molecular weight excluding hydrogens is 662 g/mol. The van der Waals surface area contributed by atoms with E-state index < -0.39 is 5.97 Å². The van der Waals surface area contributed by atoms with Gasteiger partial charge in [-0.15, -0.1) is 23.5 Å². The van der Waals surface area contributed by atoms with Crippen molar-refractivity contribution in [3.63, 3.8) is 0 Å². The van der Waals surface area contributed by atoms with Crippen LogP contribution in [0.5, 0.6) is 5.75 Å². The zero-order valence-electron chi connectivity index (χ0n) is 26.4. The predicted octanol–water partition coefficient (Wildman–Crippen LogP) is 8.78. The molecule has 8 bridgehead atoms. The highest BCUT2D eigenvalue weighted by Gasteiger charge is 2.27. The van der Waals surface area contributed by atoms with E-state index in [1.165, 1.54) is 0 Å². The number of aromatic nitrogens is 5. The van der Waals surface area contributed by atoms with E-state index in [1.807, 2.05) is 72.0 Å². The Balaban J connectivity index is 1.28. The predicted molar refractivity (Wildman–Crippen MR) is 195 cm³/mol. The summed E-state index contributed by atoms with van der Waals surface area (Å²) in [6, 6.07) is 24.6. The number of aryl methyl sites for hydroxylation is 3. The second-order valence-corrected chi connectivity index (χ2v) is 14.4. The number of carboxylic acids is 1. The van der Waals surface area contributed by atoms with E-state index in [4.69, 9.17) is 26.5 Å². The number of rotatable bonds is 1. The molecule has 11 heteroatoms. The zero-order chi connectivity index (χ0) is 32.9. The van der Waals surface area contributed by atoms with Gasteiger partial charge in [-0.05, 0) is 60.2 Å². The Labute approximate surface area is 290 Å². The lowest BCUT2D eigenvalue weighted by Gasteiger charge is -2.12. The largest absolute Gasteiger partial charge is 0.493 e. The summed E-state index contributed by atoms with van der Waals surface area (Å²) in [5.74, 6) is 1.98. The lowest BCUT2D eigenvalue weighted by atomic mass is 9.98. The summed E-state index contributed by atoms with van der Waals surface area (Å²) in [4.78, 5) is 13.9. The van der Waals surface area contributed by atoms with Crippen LogP contribution in [0.25, 0.3) is 38.3 Å². The Morgan fingerprint density at radius 2 is 1.79 bits per heavy atom. The zero-order valence-corrected chi connectivity index (χ0v) is 28.8. The van der Waals surface area contributed by atoms with Crippen LogP contribution in [0.15, 0.2) is 83.9 Å². The summed E-state index contributed by atoms with van der Waals surface area (Å²) in [6.45, 7) is 0.439. The summed E-state index contributed by atoms with van der Waals surface area (Å²) < 4.78 is 12.1. The summed E-state index contributed by atoms with van der Waals surface area (Å²) in [5.41, 5.74) is 7.51. The average molecular weight is 694 g/mol. The number of fused-ring (bicyclic) bond motifs is 10. The maximum atomic E-state index is 12.8. The Bertz CT molecular complexity index is 2380. The number of carbonyl (C=O) groups is 1. The Morgan fingerprint density at radius 1 is 0.938 bits per heavy atom. The fraction of sp³-hybridized carbons (Fsp3) is 0.216. The van der Waals surface area contributed by atoms with Crippen molar-refractivity contribution in [3.8, 4) is 16.9 Å². The minimum Gasteiger partial charge on any atom is -0.493 e. The number of pyridine rings is 1. The molecule has 8 nitrogen and oxygen atoms in total. The Hall–Kier alpha value is -4.38. The lowest BCUT2D eigenvalue weighted by Crippen LogP contribution is -2.09. The van der Waals surface area contributed by atoms with Crippen molar-refractivity contribution in [2.45, 2.75) is 35.0 Å². The highest BCUT2D eigenvalue weighted by molar-refractivity contribution is 7.98. The van der Waals surface area contributed by atoms with E-state index in [2.05, 4.69) is 30.3 Å². The first-order chi connectivity index (χ1) is 23.4. The molecule has 1 aliphatic rings. The van der Waals surface area contributed by atoms with Gasteiger partial charge in [0.25, 0.3) is 0 Å². The van der Waals surface area contributed by atoms with Gasteiger partial charge in [0.05, 0.1) is 34.1 Å². The summed E-state index contributed by atoms with van der Waals surface area (Å²) in [6.07, 6.45) is 3.11. The van der Waals surface area contributed by atoms with Crippen LogP contribution >= 0.6 is 35.1 Å². The number of halogens is 1. The Morgan fingerprint density at radius 3 is 2.67 bits per heavy atom. The van der Waals surface area contributed by atoms with Crippen LogP contribution in [0.4, 0.5) is 0 Å². The molecule has 0 atom stereocenters. The number of ether oxygens (including phenoxy) is 1. The van der Waals surface area contributed by atoms with Crippen molar-refractivity contribution in [2.24, 2.45) is 14.1 Å². The first-order valence-electron chi connectivity index (χ1n) is 15.7. The molecule has 0 saturated heterocycles. The number of carboxylic acid groups (broad SMARTS) is 1. The molecule has 0 spiro atoms. The van der Waals surface area contributed by atoms with Gasteiger partial charge in [0, 0.05) is 70.0 Å². The summed E-state index contributed by atoms with van der Waals surface area (Å²) in [5, 5.41) is 23.9. The third kappa shape index (κ3) is 5.41. The van der Waals surface area contributed by atoms with Gasteiger partial charge >= 0.3 is 5.97 Å². The maximum Gasteiger partial charge on any atom is 0.352 e. The fourth-order valence-electron chi connectivity index (χ4n) is 6.85. The quantitative estimate of drug-likeness (QED) is 0.184. The van der Waals surface area contributed by atoms with E-state index in [0.29, 0.717) is 30.2 Å². The molecule has 1 aliphatic heterocycles. The third-order valence-corrected chi connectivity index (χ3v) is 11.3. The van der Waals surface area contributed by atoms with Crippen LogP contribution in [0.1, 0.15) is 39.6 Å². The smallest absolute Gasteiger partial charge is 0.352 e. The average Bonchev–Trinajstić information content (AvgIpc) is 3.72. The third-order valence-electron chi connectivity index (χ3n) is 9.00. The molecule has 3 aromatic carbocycles. The first kappa shape index (κ1) is 30.9. The lowest BCUT2D eigenvalue weighted by molar-refractivity contribution is 0.0685. The number of benzene rings is 3. The second-order valence-electron chi connectivity index (χ2n) is 12.0. The molecule has 1 N–H and O–H groups in total. The van der Waals surface area contributed by atoms with E-state index >= 15 is 0 Å². The molecule has 0 saturated carbocycles. The number of thioether (sulfide) groups is 2. The standard InChI is InChI=1S/C37H32ClN5O3S2/c1-41-35-28-12-13-29(38)33(35)34-30(40-43-14-6-5-11-31(34)43)21-47-19-23-17-24(42(2)39-23)20-48-25-16-22-8-3-4-9-26(22)32(18-25)46-15-7-10-27(28)36(41)37(44)45/h3-6,8-9,11-14,16-18H,7,10,15,19-21H2,1-2H3,(H,44,45). The van der Waals surface area contributed by atoms with Gasteiger partial charge in [0.15, 0.2) is 0 Å². The summed E-state index contributed by atoms with van der Waals surface area (Å²) >= 11 is 10.6. The highest BCUT2D eigenvalue weighted by atomic mass is 35.5. The van der Waals surface area contributed by atoms with Gasteiger partial charge in [-0.25, -0.2) is 9.31 Å². The minimum absolute atomic E-state index is 0.262. The normalized spacial score (nSPS) is 14.2. The molecule has 8 rings (SSSR count). The van der Waals surface area contributed by atoms with E-state index in [-0.39, 0.29) is 5.69 Å². The molecule has 0 amide bonds. The van der Waals surface area contributed by atoms with Crippen molar-refractivity contribution in [2.75, 3.05) is 6.61 Å². The molecule has 0 unspecified atom stereocenters. The molecule has 7 aromatic rings. The fourth-order valence-corrected chi connectivity index (χ4v) is 8.93. The second kappa shape index (κ2) is 12.6. The molecule has 0 aliphatic carbocycles. The molecule has 4 aromatic heterocycles. The minimum atomic E-state index is -0.970. The van der Waals surface area contributed by atoms with Gasteiger partial charge in [0.2, 0.25) is 0 Å². The van der Waals surface area contributed by atoms with Crippen molar-refractivity contribution in [3.05, 3.63) is 112 Å². The molecule has 0 fully saturated rings. The SMILES string of the molecule is Cn1nc2cc1CSc1cc(c3ccccc3c1)OCCCc1c(C(=O)O)n(C)c3c(c(Cl)ccc13)-c1c(nn3ccccc13)CSC2. The topological polar surface area (TPSA) is 86.6 Å². The number of hydrogen-bond acceptors (Lipinski definition) is 6. The van der Waals surface area contributed by atoms with Gasteiger partial charge in [-0.3, -0.25) is 4.68 Å². The van der Waals surface area contributed by atoms with E-state index in [9.17, 15) is 9.90 Å². The molecule has 0 radical (unpaired) electrons. The van der Waals surface area contributed by atoms with Crippen LogP contribution in [-0.4, -0.2) is 41.6 Å². The van der Waals surface area contributed by atoms with Crippen LogP contribution < -0.4 is 4.74 Å². The maximum absolute atomic E-state index is 12.8. The number of nitrogens with zero attached hydrogens (tertiary/aromatic N) is 5.